The third kappa shape index (κ3) is 3.92. The molecule has 0 radical (unpaired) electrons. The maximum atomic E-state index is 10.1. The van der Waals surface area contributed by atoms with Gasteiger partial charge in [0, 0.05) is 13.1 Å². The van der Waals surface area contributed by atoms with Gasteiger partial charge in [-0.15, -0.1) is 0 Å². The molecule has 1 fully saturated rings. The zero-order valence-corrected chi connectivity index (χ0v) is 8.58. The van der Waals surface area contributed by atoms with Gasteiger partial charge in [-0.1, -0.05) is 19.3 Å². The molecular formula is C10H21NO3. The fourth-order valence-corrected chi connectivity index (χ4v) is 1.92. The molecule has 1 aliphatic carbocycles. The lowest BCUT2D eigenvalue weighted by molar-refractivity contribution is 0.000967. The maximum Gasteiger partial charge on any atom is 0.0894 e. The van der Waals surface area contributed by atoms with Gasteiger partial charge < -0.3 is 20.6 Å². The van der Waals surface area contributed by atoms with Gasteiger partial charge in [-0.25, -0.2) is 0 Å². The van der Waals surface area contributed by atoms with Crippen LogP contribution in [0.4, 0.5) is 0 Å². The second-order valence-corrected chi connectivity index (χ2v) is 4.25. The number of nitrogens with one attached hydrogen (secondary N) is 1. The van der Waals surface area contributed by atoms with Crippen LogP contribution in [0.5, 0.6) is 0 Å². The van der Waals surface area contributed by atoms with Gasteiger partial charge in [-0.3, -0.25) is 0 Å². The van der Waals surface area contributed by atoms with Crippen LogP contribution in [-0.4, -0.2) is 46.7 Å². The summed E-state index contributed by atoms with van der Waals surface area (Å²) in [5.74, 6) is 0. The van der Waals surface area contributed by atoms with E-state index in [1.807, 2.05) is 0 Å². The highest BCUT2D eigenvalue weighted by Gasteiger charge is 2.28. The van der Waals surface area contributed by atoms with E-state index in [9.17, 15) is 5.11 Å². The third-order valence-electron chi connectivity index (χ3n) is 2.83. The van der Waals surface area contributed by atoms with Crippen LogP contribution in [0, 0.1) is 0 Å². The van der Waals surface area contributed by atoms with Crippen LogP contribution >= 0.6 is 0 Å². The predicted molar refractivity (Wildman–Crippen MR) is 54.0 cm³/mol. The van der Waals surface area contributed by atoms with Gasteiger partial charge in [0.05, 0.1) is 18.3 Å². The molecular weight excluding hydrogens is 182 g/mol. The maximum absolute atomic E-state index is 10.1. The first kappa shape index (κ1) is 11.9. The van der Waals surface area contributed by atoms with Crippen LogP contribution in [0.2, 0.25) is 0 Å². The van der Waals surface area contributed by atoms with Crippen molar-refractivity contribution in [2.75, 3.05) is 19.7 Å². The molecule has 4 heteroatoms. The van der Waals surface area contributed by atoms with Crippen LogP contribution in [0.1, 0.15) is 32.1 Å². The van der Waals surface area contributed by atoms with Crippen molar-refractivity contribution < 1.29 is 15.3 Å². The van der Waals surface area contributed by atoms with Gasteiger partial charge in [0.2, 0.25) is 0 Å². The summed E-state index contributed by atoms with van der Waals surface area (Å²) in [6.45, 7) is 0.633. The number of rotatable bonds is 5. The molecule has 0 aliphatic heterocycles. The molecule has 0 aromatic rings. The molecule has 0 spiro atoms. The van der Waals surface area contributed by atoms with E-state index in [1.54, 1.807) is 0 Å². The summed E-state index contributed by atoms with van der Waals surface area (Å²) in [7, 11) is 0. The van der Waals surface area contributed by atoms with E-state index < -0.39 is 11.7 Å². The number of aliphatic hydroxyl groups excluding tert-OH is 2. The Morgan fingerprint density at radius 3 is 2.43 bits per heavy atom. The Labute approximate surface area is 85.0 Å². The van der Waals surface area contributed by atoms with Gasteiger partial charge in [0.1, 0.15) is 0 Å². The average Bonchev–Trinajstić information content (AvgIpc) is 2.18. The van der Waals surface area contributed by atoms with E-state index in [2.05, 4.69) is 5.32 Å². The summed E-state index contributed by atoms with van der Waals surface area (Å²) in [6, 6.07) is 0. The van der Waals surface area contributed by atoms with E-state index in [1.165, 1.54) is 6.42 Å². The smallest absolute Gasteiger partial charge is 0.0894 e. The van der Waals surface area contributed by atoms with E-state index in [-0.39, 0.29) is 6.61 Å². The van der Waals surface area contributed by atoms with Crippen LogP contribution in [0.25, 0.3) is 0 Å². The molecule has 0 unspecified atom stereocenters. The van der Waals surface area contributed by atoms with Crippen molar-refractivity contribution >= 4 is 0 Å². The first-order valence-electron chi connectivity index (χ1n) is 5.38. The van der Waals surface area contributed by atoms with Crippen molar-refractivity contribution in [3.05, 3.63) is 0 Å². The molecule has 0 aromatic carbocycles. The van der Waals surface area contributed by atoms with Crippen LogP contribution in [-0.2, 0) is 0 Å². The predicted octanol–water partition coefficient (Wildman–Crippen LogP) is -0.376. The summed E-state index contributed by atoms with van der Waals surface area (Å²) in [6.07, 6.45) is 4.34. The highest BCUT2D eigenvalue weighted by atomic mass is 16.3. The van der Waals surface area contributed by atoms with Gasteiger partial charge in [0.25, 0.3) is 0 Å². The average molecular weight is 203 g/mol. The summed E-state index contributed by atoms with van der Waals surface area (Å²) in [5.41, 5.74) is -0.590. The van der Waals surface area contributed by atoms with Crippen molar-refractivity contribution in [2.45, 2.75) is 43.8 Å². The van der Waals surface area contributed by atoms with Crippen molar-refractivity contribution in [1.82, 2.24) is 5.32 Å². The molecule has 14 heavy (non-hydrogen) atoms. The van der Waals surface area contributed by atoms with Gasteiger partial charge in [-0.05, 0) is 12.8 Å². The minimum atomic E-state index is -0.720. The molecule has 4 N–H and O–H groups in total. The number of hydrogen-bond acceptors (Lipinski definition) is 4. The van der Waals surface area contributed by atoms with Crippen LogP contribution in [0.15, 0.2) is 0 Å². The topological polar surface area (TPSA) is 72.7 Å². The molecule has 0 amide bonds. The molecule has 0 aromatic heterocycles. The Kier molecular flexibility index (Phi) is 4.81. The summed E-state index contributed by atoms with van der Waals surface area (Å²) in [5, 5.41) is 30.7. The van der Waals surface area contributed by atoms with Gasteiger partial charge in [-0.2, -0.15) is 0 Å². The second-order valence-electron chi connectivity index (χ2n) is 4.25. The Bertz CT molecular complexity index is 157. The second kappa shape index (κ2) is 5.66. The van der Waals surface area contributed by atoms with Crippen molar-refractivity contribution in [1.29, 1.82) is 0 Å². The standard InChI is InChI=1S/C10H21NO3/c12-7-9(13)6-11-8-10(14)4-2-1-3-5-10/h9,11-14H,1-8H2/t9-/m0/s1. The quantitative estimate of drug-likeness (QED) is 0.492. The Balaban J connectivity index is 2.15. The Morgan fingerprint density at radius 2 is 1.86 bits per heavy atom. The molecule has 1 atom stereocenters. The molecule has 0 heterocycles. The molecule has 4 nitrogen and oxygen atoms in total. The molecule has 1 aliphatic rings. The largest absolute Gasteiger partial charge is 0.394 e. The lowest BCUT2D eigenvalue weighted by atomic mass is 9.85. The van der Waals surface area contributed by atoms with Crippen molar-refractivity contribution in [3.63, 3.8) is 0 Å². The minimum absolute atomic E-state index is 0.231. The van der Waals surface area contributed by atoms with E-state index in [0.717, 1.165) is 25.7 Å². The summed E-state index contributed by atoms with van der Waals surface area (Å²) < 4.78 is 0. The molecule has 0 bridgehead atoms. The fourth-order valence-electron chi connectivity index (χ4n) is 1.92. The highest BCUT2D eigenvalue weighted by Crippen LogP contribution is 2.27. The van der Waals surface area contributed by atoms with Gasteiger partial charge >= 0.3 is 0 Å². The number of aliphatic hydroxyl groups is 3. The zero-order chi connectivity index (χ0) is 10.4. The van der Waals surface area contributed by atoms with E-state index in [0.29, 0.717) is 13.1 Å². The molecule has 84 valence electrons. The van der Waals surface area contributed by atoms with Crippen molar-refractivity contribution in [3.8, 4) is 0 Å². The normalized spacial score (nSPS) is 23.4. The Morgan fingerprint density at radius 1 is 1.21 bits per heavy atom. The lowest BCUT2D eigenvalue weighted by Crippen LogP contribution is -2.44. The highest BCUT2D eigenvalue weighted by molar-refractivity contribution is 4.84. The minimum Gasteiger partial charge on any atom is -0.394 e. The SMILES string of the molecule is OC[C@@H](O)CNCC1(O)CCCCC1. The first-order valence-corrected chi connectivity index (χ1v) is 5.38. The van der Waals surface area contributed by atoms with Gasteiger partial charge in [0.15, 0.2) is 0 Å². The van der Waals surface area contributed by atoms with E-state index in [4.69, 9.17) is 10.2 Å². The third-order valence-corrected chi connectivity index (χ3v) is 2.83. The van der Waals surface area contributed by atoms with Crippen LogP contribution < -0.4 is 5.32 Å². The molecule has 0 saturated heterocycles. The monoisotopic (exact) mass is 203 g/mol. The zero-order valence-electron chi connectivity index (χ0n) is 8.58. The van der Waals surface area contributed by atoms with Crippen molar-refractivity contribution in [2.24, 2.45) is 0 Å². The fraction of sp³-hybridized carbons (Fsp3) is 1.00. The lowest BCUT2D eigenvalue weighted by Gasteiger charge is -2.32. The summed E-state index contributed by atoms with van der Waals surface area (Å²) in [4.78, 5) is 0. The van der Waals surface area contributed by atoms with E-state index >= 15 is 0 Å². The Hall–Kier alpha value is -0.160. The number of hydrogen-bond donors (Lipinski definition) is 4. The molecule has 1 saturated carbocycles. The molecule has 1 rings (SSSR count). The van der Waals surface area contributed by atoms with Crippen LogP contribution in [0.3, 0.4) is 0 Å². The first-order chi connectivity index (χ1) is 6.66. The summed E-state index contributed by atoms with van der Waals surface area (Å²) >= 11 is 0.